The van der Waals surface area contributed by atoms with Crippen LogP contribution >= 0.6 is 11.3 Å². The number of hydrazine groups is 1. The lowest BCUT2D eigenvalue weighted by Crippen LogP contribution is -2.38. The van der Waals surface area contributed by atoms with E-state index in [2.05, 4.69) is 5.43 Å². The molecule has 1 N–H and O–H groups in total. The first kappa shape index (κ1) is 9.22. The average Bonchev–Trinajstić information content (AvgIpc) is 2.56. The topological polar surface area (TPSA) is 32.3 Å². The zero-order valence-electron chi connectivity index (χ0n) is 7.20. The summed E-state index contributed by atoms with van der Waals surface area (Å²) in [6.07, 6.45) is 0. The number of thiophene rings is 1. The van der Waals surface area contributed by atoms with Gasteiger partial charge in [0.2, 0.25) is 0 Å². The van der Waals surface area contributed by atoms with Crippen LogP contribution in [0.25, 0.3) is 0 Å². The number of nitrogens with one attached hydrogen (secondary N) is 1. The predicted octanol–water partition coefficient (Wildman–Crippen LogP) is 1.34. The average molecular weight is 184 g/mol. The van der Waals surface area contributed by atoms with Gasteiger partial charge in [-0.3, -0.25) is 10.2 Å². The smallest absolute Gasteiger partial charge is 0.275 e. The standard InChI is InChI=1S/C8H12N2OS/c1-3-10(2)9-8(11)7-5-4-6-12-7/h4-6H,3H2,1-2H3,(H,9,11). The second-order valence-corrected chi connectivity index (χ2v) is 3.38. The van der Waals surface area contributed by atoms with Crippen LogP contribution in [0.3, 0.4) is 0 Å². The van der Waals surface area contributed by atoms with E-state index in [0.717, 1.165) is 11.4 Å². The first-order chi connectivity index (χ1) is 5.74. The summed E-state index contributed by atoms with van der Waals surface area (Å²) in [6.45, 7) is 2.78. The molecular weight excluding hydrogens is 172 g/mol. The van der Waals surface area contributed by atoms with Gasteiger partial charge in [0.05, 0.1) is 4.88 Å². The lowest BCUT2D eigenvalue weighted by Gasteiger charge is -2.14. The summed E-state index contributed by atoms with van der Waals surface area (Å²) in [5.74, 6) is -0.0330. The Hall–Kier alpha value is -0.870. The van der Waals surface area contributed by atoms with Gasteiger partial charge in [-0.1, -0.05) is 13.0 Å². The zero-order chi connectivity index (χ0) is 8.97. The summed E-state index contributed by atoms with van der Waals surface area (Å²) < 4.78 is 0. The third kappa shape index (κ3) is 2.32. The third-order valence-corrected chi connectivity index (χ3v) is 2.38. The van der Waals surface area contributed by atoms with Gasteiger partial charge in [0.25, 0.3) is 5.91 Å². The number of amides is 1. The summed E-state index contributed by atoms with van der Waals surface area (Å²) in [5.41, 5.74) is 2.74. The molecule has 0 fully saturated rings. The van der Waals surface area contributed by atoms with Gasteiger partial charge in [0.15, 0.2) is 0 Å². The normalized spacial score (nSPS) is 10.2. The van der Waals surface area contributed by atoms with Gasteiger partial charge < -0.3 is 0 Å². The maximum atomic E-state index is 11.3. The maximum absolute atomic E-state index is 11.3. The molecule has 1 heterocycles. The minimum absolute atomic E-state index is 0.0330. The molecule has 0 saturated heterocycles. The van der Waals surface area contributed by atoms with E-state index in [1.165, 1.54) is 11.3 Å². The number of nitrogens with zero attached hydrogens (tertiary/aromatic N) is 1. The number of hydrogen-bond donors (Lipinski definition) is 1. The minimum Gasteiger partial charge on any atom is -0.284 e. The molecule has 0 atom stereocenters. The first-order valence-corrected chi connectivity index (χ1v) is 4.67. The molecule has 1 aromatic heterocycles. The molecule has 1 amide bonds. The van der Waals surface area contributed by atoms with E-state index < -0.39 is 0 Å². The Labute approximate surface area is 76.0 Å². The molecule has 1 aromatic rings. The molecular formula is C8H12N2OS. The largest absolute Gasteiger partial charge is 0.284 e. The Morgan fingerprint density at radius 2 is 2.50 bits per heavy atom. The summed E-state index contributed by atoms with van der Waals surface area (Å²) >= 11 is 1.44. The van der Waals surface area contributed by atoms with Gasteiger partial charge in [-0.05, 0) is 11.4 Å². The van der Waals surface area contributed by atoms with Gasteiger partial charge in [-0.25, -0.2) is 5.01 Å². The number of carbonyl (C=O) groups excluding carboxylic acids is 1. The number of hydrogen-bond acceptors (Lipinski definition) is 3. The van der Waals surface area contributed by atoms with Crippen molar-refractivity contribution in [3.63, 3.8) is 0 Å². The molecule has 0 aliphatic rings. The van der Waals surface area contributed by atoms with Crippen LogP contribution in [0.2, 0.25) is 0 Å². The van der Waals surface area contributed by atoms with E-state index in [9.17, 15) is 4.79 Å². The van der Waals surface area contributed by atoms with Gasteiger partial charge >= 0.3 is 0 Å². The first-order valence-electron chi connectivity index (χ1n) is 3.79. The van der Waals surface area contributed by atoms with Crippen molar-refractivity contribution in [2.45, 2.75) is 6.92 Å². The molecule has 0 saturated carbocycles. The Morgan fingerprint density at radius 1 is 1.75 bits per heavy atom. The predicted molar refractivity (Wildman–Crippen MR) is 50.1 cm³/mol. The van der Waals surface area contributed by atoms with Crippen LogP contribution in [0.1, 0.15) is 16.6 Å². The van der Waals surface area contributed by atoms with E-state index in [1.807, 2.05) is 31.5 Å². The summed E-state index contributed by atoms with van der Waals surface area (Å²) in [6, 6.07) is 3.68. The highest BCUT2D eigenvalue weighted by molar-refractivity contribution is 7.12. The SMILES string of the molecule is CCN(C)NC(=O)c1cccs1. The van der Waals surface area contributed by atoms with Crippen molar-refractivity contribution >= 4 is 17.2 Å². The van der Waals surface area contributed by atoms with Crippen LogP contribution in [0.4, 0.5) is 0 Å². The monoisotopic (exact) mass is 184 g/mol. The number of carbonyl (C=O) groups is 1. The maximum Gasteiger partial charge on any atom is 0.275 e. The van der Waals surface area contributed by atoms with Crippen LogP contribution in [-0.4, -0.2) is 24.5 Å². The van der Waals surface area contributed by atoms with Gasteiger partial charge in [0, 0.05) is 13.6 Å². The van der Waals surface area contributed by atoms with Crippen LogP contribution < -0.4 is 5.43 Å². The highest BCUT2D eigenvalue weighted by Crippen LogP contribution is 2.07. The fourth-order valence-electron chi connectivity index (χ4n) is 0.715. The molecule has 66 valence electrons. The van der Waals surface area contributed by atoms with E-state index in [4.69, 9.17) is 0 Å². The second kappa shape index (κ2) is 4.23. The molecule has 0 radical (unpaired) electrons. The second-order valence-electron chi connectivity index (χ2n) is 2.43. The summed E-state index contributed by atoms with van der Waals surface area (Å²) in [7, 11) is 1.84. The molecule has 0 spiro atoms. The Bertz CT molecular complexity index is 246. The molecule has 3 nitrogen and oxygen atoms in total. The quantitative estimate of drug-likeness (QED) is 0.719. The fourth-order valence-corrected chi connectivity index (χ4v) is 1.33. The van der Waals surface area contributed by atoms with Crippen molar-refractivity contribution in [1.82, 2.24) is 10.4 Å². The lowest BCUT2D eigenvalue weighted by molar-refractivity contribution is 0.0839. The molecule has 0 aromatic carbocycles. The van der Waals surface area contributed by atoms with Crippen LogP contribution in [0.15, 0.2) is 17.5 Å². The highest BCUT2D eigenvalue weighted by atomic mass is 32.1. The molecule has 0 unspecified atom stereocenters. The van der Waals surface area contributed by atoms with E-state index >= 15 is 0 Å². The van der Waals surface area contributed by atoms with Gasteiger partial charge in [0.1, 0.15) is 0 Å². The van der Waals surface area contributed by atoms with Crippen molar-refractivity contribution in [2.24, 2.45) is 0 Å². The Kier molecular flexibility index (Phi) is 3.25. The van der Waals surface area contributed by atoms with Gasteiger partial charge in [-0.15, -0.1) is 11.3 Å². The Morgan fingerprint density at radius 3 is 3.00 bits per heavy atom. The minimum atomic E-state index is -0.0330. The van der Waals surface area contributed by atoms with Crippen LogP contribution in [0.5, 0.6) is 0 Å². The molecule has 12 heavy (non-hydrogen) atoms. The summed E-state index contributed by atoms with van der Waals surface area (Å²) in [4.78, 5) is 12.1. The van der Waals surface area contributed by atoms with Crippen LogP contribution in [0, 0.1) is 0 Å². The van der Waals surface area contributed by atoms with Crippen molar-refractivity contribution < 1.29 is 4.79 Å². The van der Waals surface area contributed by atoms with Crippen molar-refractivity contribution in [1.29, 1.82) is 0 Å². The molecule has 0 bridgehead atoms. The molecule has 0 aliphatic carbocycles. The van der Waals surface area contributed by atoms with Gasteiger partial charge in [-0.2, -0.15) is 0 Å². The lowest BCUT2D eigenvalue weighted by atomic mass is 10.4. The van der Waals surface area contributed by atoms with E-state index in [1.54, 1.807) is 5.01 Å². The van der Waals surface area contributed by atoms with Crippen LogP contribution in [-0.2, 0) is 0 Å². The van der Waals surface area contributed by atoms with E-state index in [0.29, 0.717) is 0 Å². The van der Waals surface area contributed by atoms with Crippen molar-refractivity contribution in [2.75, 3.05) is 13.6 Å². The van der Waals surface area contributed by atoms with Crippen molar-refractivity contribution in [3.8, 4) is 0 Å². The molecule has 1 rings (SSSR count). The zero-order valence-corrected chi connectivity index (χ0v) is 8.02. The van der Waals surface area contributed by atoms with E-state index in [-0.39, 0.29) is 5.91 Å². The Balaban J connectivity index is 2.50. The third-order valence-electron chi connectivity index (χ3n) is 1.51. The number of rotatable bonds is 3. The fraction of sp³-hybridized carbons (Fsp3) is 0.375. The van der Waals surface area contributed by atoms with Crippen molar-refractivity contribution in [3.05, 3.63) is 22.4 Å². The molecule has 0 aliphatic heterocycles. The summed E-state index contributed by atoms with van der Waals surface area (Å²) in [5, 5.41) is 3.64. The molecule has 4 heteroatoms. The highest BCUT2D eigenvalue weighted by Gasteiger charge is 2.06.